The van der Waals surface area contributed by atoms with E-state index in [4.69, 9.17) is 4.74 Å². The number of carbonyl (C=O) groups is 1. The van der Waals surface area contributed by atoms with Crippen LogP contribution in [0.5, 0.6) is 5.88 Å². The molecule has 0 saturated carbocycles. The molecule has 2 aliphatic carbocycles. The molecule has 5 nitrogen and oxygen atoms in total. The molecule has 3 rings (SSSR count). The minimum Gasteiger partial charge on any atom is -0.481 e. The second-order valence-corrected chi connectivity index (χ2v) is 6.36. The van der Waals surface area contributed by atoms with Gasteiger partial charge >= 0.3 is 0 Å². The van der Waals surface area contributed by atoms with Gasteiger partial charge in [-0.1, -0.05) is 19.9 Å². The summed E-state index contributed by atoms with van der Waals surface area (Å²) in [5.41, 5.74) is 1.73. The van der Waals surface area contributed by atoms with Gasteiger partial charge in [-0.05, 0) is 25.7 Å². The Morgan fingerprint density at radius 2 is 2.18 bits per heavy atom. The number of nitrogens with zero attached hydrogens (tertiary/aromatic N) is 3. The Kier molecular flexibility index (Phi) is 3.28. The number of hydrogen-bond acceptors (Lipinski definition) is 5. The van der Waals surface area contributed by atoms with Crippen LogP contribution in [-0.2, 0) is 16.6 Å². The van der Waals surface area contributed by atoms with E-state index in [1.807, 2.05) is 19.9 Å². The normalized spacial score (nSPS) is 30.0. The number of fused-ring (bicyclic) bond motifs is 3. The molecule has 5 heteroatoms. The van der Waals surface area contributed by atoms with Gasteiger partial charge in [0.15, 0.2) is 5.78 Å². The maximum absolute atomic E-state index is 12.3. The van der Waals surface area contributed by atoms with Gasteiger partial charge in [0.25, 0.3) is 0 Å². The van der Waals surface area contributed by atoms with Gasteiger partial charge in [-0.15, -0.1) is 0 Å². The number of allylic oxidation sites excluding steroid dienone is 2. The van der Waals surface area contributed by atoms with E-state index in [2.05, 4.69) is 23.0 Å². The van der Waals surface area contributed by atoms with Gasteiger partial charge in [0.05, 0.1) is 18.4 Å². The van der Waals surface area contributed by atoms with E-state index in [-0.39, 0.29) is 23.2 Å². The van der Waals surface area contributed by atoms with Crippen molar-refractivity contribution in [1.29, 1.82) is 5.26 Å². The van der Waals surface area contributed by atoms with Crippen molar-refractivity contribution in [2.75, 3.05) is 7.11 Å². The van der Waals surface area contributed by atoms with Crippen molar-refractivity contribution in [3.05, 3.63) is 28.7 Å². The first-order valence-electron chi connectivity index (χ1n) is 7.51. The summed E-state index contributed by atoms with van der Waals surface area (Å²) in [7, 11) is 1.61. The molecule has 22 heavy (non-hydrogen) atoms. The fraction of sp³-hybridized carbons (Fsp3) is 0.529. The molecule has 1 aromatic rings. The molecule has 0 saturated heterocycles. The van der Waals surface area contributed by atoms with Crippen LogP contribution >= 0.6 is 0 Å². The summed E-state index contributed by atoms with van der Waals surface area (Å²) in [6.07, 6.45) is 3.48. The molecule has 1 heterocycles. The quantitative estimate of drug-likeness (QED) is 0.795. The number of Topliss-reactive ketones (excluding diaryl/α,β-unsaturated/α-hetero) is 1. The minimum atomic E-state index is -0.424. The molecule has 0 amide bonds. The summed E-state index contributed by atoms with van der Waals surface area (Å²) in [6, 6.07) is 2.05. The molecule has 3 atom stereocenters. The maximum Gasteiger partial charge on any atom is 0.219 e. The topological polar surface area (TPSA) is 75.9 Å². The lowest BCUT2D eigenvalue weighted by Crippen LogP contribution is -2.46. The van der Waals surface area contributed by atoms with Crippen molar-refractivity contribution in [3.8, 4) is 11.9 Å². The molecule has 1 aromatic heterocycles. The Morgan fingerprint density at radius 1 is 1.45 bits per heavy atom. The highest BCUT2D eigenvalue weighted by Gasteiger charge is 2.49. The third-order valence-corrected chi connectivity index (χ3v) is 5.11. The number of hydrogen-bond donors (Lipinski definition) is 0. The van der Waals surface area contributed by atoms with E-state index in [1.54, 1.807) is 7.11 Å². The van der Waals surface area contributed by atoms with Crippen molar-refractivity contribution >= 4 is 5.78 Å². The van der Waals surface area contributed by atoms with Gasteiger partial charge < -0.3 is 4.74 Å². The number of methoxy groups -OCH3 is 1. The number of rotatable bonds is 1. The lowest BCUT2D eigenvalue weighted by molar-refractivity contribution is -0.121. The molecule has 3 unspecified atom stereocenters. The van der Waals surface area contributed by atoms with Crippen LogP contribution in [0.25, 0.3) is 0 Å². The summed E-state index contributed by atoms with van der Waals surface area (Å²) < 4.78 is 5.42. The first-order chi connectivity index (χ1) is 10.4. The van der Waals surface area contributed by atoms with E-state index in [9.17, 15) is 10.1 Å². The number of ketones is 1. The Labute approximate surface area is 130 Å². The fourth-order valence-corrected chi connectivity index (χ4v) is 4.02. The lowest BCUT2D eigenvalue weighted by atomic mass is 9.58. The van der Waals surface area contributed by atoms with E-state index in [0.717, 1.165) is 24.1 Å². The fourth-order valence-electron chi connectivity index (χ4n) is 4.02. The van der Waals surface area contributed by atoms with Crippen LogP contribution in [0, 0.1) is 30.1 Å². The SMILES string of the molecule is COc1nc(C)nc2c1CCC1C(C)C(=O)C(C#N)=CC21C. The van der Waals surface area contributed by atoms with E-state index in [0.29, 0.717) is 11.7 Å². The Morgan fingerprint density at radius 3 is 2.82 bits per heavy atom. The van der Waals surface area contributed by atoms with Crippen LogP contribution in [-0.4, -0.2) is 22.9 Å². The Bertz CT molecular complexity index is 732. The lowest BCUT2D eigenvalue weighted by Gasteiger charge is -2.45. The third-order valence-electron chi connectivity index (χ3n) is 5.11. The van der Waals surface area contributed by atoms with Gasteiger partial charge in [-0.3, -0.25) is 4.79 Å². The largest absolute Gasteiger partial charge is 0.481 e. The standard InChI is InChI=1S/C17H19N3O2/c1-9-13-6-5-12-15(19-10(2)20-16(12)22-4)17(13,3)7-11(8-18)14(9)21/h7,9,13H,5-6H2,1-4H3. The summed E-state index contributed by atoms with van der Waals surface area (Å²) in [5.74, 6) is 1.20. The number of carbonyl (C=O) groups excluding carboxylic acids is 1. The number of aromatic nitrogens is 2. The van der Waals surface area contributed by atoms with Gasteiger partial charge in [-0.25, -0.2) is 4.98 Å². The van der Waals surface area contributed by atoms with Crippen molar-refractivity contribution in [2.45, 2.75) is 39.0 Å². The summed E-state index contributed by atoms with van der Waals surface area (Å²) in [4.78, 5) is 21.3. The van der Waals surface area contributed by atoms with Gasteiger partial charge in [0.1, 0.15) is 11.9 Å². The van der Waals surface area contributed by atoms with Crippen LogP contribution in [0.1, 0.15) is 37.4 Å². The zero-order chi connectivity index (χ0) is 16.1. The van der Waals surface area contributed by atoms with Crippen molar-refractivity contribution in [1.82, 2.24) is 9.97 Å². The highest BCUT2D eigenvalue weighted by Crippen LogP contribution is 2.50. The van der Waals surface area contributed by atoms with Crippen LogP contribution in [0.15, 0.2) is 11.6 Å². The summed E-state index contributed by atoms with van der Waals surface area (Å²) in [5, 5.41) is 9.29. The highest BCUT2D eigenvalue weighted by molar-refractivity contribution is 6.02. The Balaban J connectivity index is 2.28. The number of aryl methyl sites for hydroxylation is 1. The molecular formula is C17H19N3O2. The molecule has 0 aromatic carbocycles. The molecular weight excluding hydrogens is 278 g/mol. The van der Waals surface area contributed by atoms with Crippen LogP contribution in [0.2, 0.25) is 0 Å². The highest BCUT2D eigenvalue weighted by atomic mass is 16.5. The van der Waals surface area contributed by atoms with Crippen LogP contribution in [0.3, 0.4) is 0 Å². The predicted molar refractivity (Wildman–Crippen MR) is 80.4 cm³/mol. The average molecular weight is 297 g/mol. The van der Waals surface area contributed by atoms with Gasteiger partial charge in [-0.2, -0.15) is 10.2 Å². The van der Waals surface area contributed by atoms with Gasteiger partial charge in [0.2, 0.25) is 5.88 Å². The molecule has 0 fully saturated rings. The Hall–Kier alpha value is -2.22. The van der Waals surface area contributed by atoms with E-state index < -0.39 is 5.41 Å². The third kappa shape index (κ3) is 1.87. The zero-order valence-electron chi connectivity index (χ0n) is 13.3. The minimum absolute atomic E-state index is 0.0498. The predicted octanol–water partition coefficient (Wildman–Crippen LogP) is 2.28. The molecule has 2 aliphatic rings. The van der Waals surface area contributed by atoms with E-state index >= 15 is 0 Å². The van der Waals surface area contributed by atoms with E-state index in [1.165, 1.54) is 0 Å². The first-order valence-corrected chi connectivity index (χ1v) is 7.51. The molecule has 0 aliphatic heterocycles. The van der Waals surface area contributed by atoms with Crippen LogP contribution < -0.4 is 4.74 Å². The van der Waals surface area contributed by atoms with Crippen molar-refractivity contribution in [3.63, 3.8) is 0 Å². The average Bonchev–Trinajstić information content (AvgIpc) is 2.50. The molecule has 0 N–H and O–H groups in total. The van der Waals surface area contributed by atoms with Crippen molar-refractivity contribution in [2.24, 2.45) is 11.8 Å². The molecule has 114 valence electrons. The van der Waals surface area contributed by atoms with Gasteiger partial charge in [0, 0.05) is 16.9 Å². The van der Waals surface area contributed by atoms with Crippen molar-refractivity contribution < 1.29 is 9.53 Å². The second kappa shape index (κ2) is 4.91. The maximum atomic E-state index is 12.3. The first kappa shape index (κ1) is 14.7. The number of nitriles is 1. The molecule has 0 spiro atoms. The van der Waals surface area contributed by atoms with Crippen LogP contribution in [0.4, 0.5) is 0 Å². The zero-order valence-corrected chi connectivity index (χ0v) is 13.3. The monoisotopic (exact) mass is 297 g/mol. The second-order valence-electron chi connectivity index (χ2n) is 6.36. The smallest absolute Gasteiger partial charge is 0.219 e. The molecule has 0 radical (unpaired) electrons. The summed E-state index contributed by atoms with van der Waals surface area (Å²) in [6.45, 7) is 5.83. The number of ether oxygens (including phenoxy) is 1. The molecule has 0 bridgehead atoms. The summed E-state index contributed by atoms with van der Waals surface area (Å²) >= 11 is 0.